The summed E-state index contributed by atoms with van der Waals surface area (Å²) in [5.74, 6) is -0.185. The molecule has 22 heavy (non-hydrogen) atoms. The van der Waals surface area contributed by atoms with Crippen molar-refractivity contribution in [3.8, 4) is 5.75 Å². The summed E-state index contributed by atoms with van der Waals surface area (Å²) < 4.78 is 0. The number of aliphatic hydroxyl groups is 1. The van der Waals surface area contributed by atoms with Crippen molar-refractivity contribution in [3.63, 3.8) is 0 Å². The van der Waals surface area contributed by atoms with Crippen LogP contribution >= 0.6 is 0 Å². The van der Waals surface area contributed by atoms with E-state index in [1.165, 1.54) is 6.42 Å². The van der Waals surface area contributed by atoms with Crippen LogP contribution in [-0.4, -0.2) is 28.9 Å². The number of hydrogen-bond acceptors (Lipinski definition) is 6. The Kier molecular flexibility index (Phi) is 5.41. The molecular formula is C14H20N4O4. The third kappa shape index (κ3) is 3.58. The van der Waals surface area contributed by atoms with Crippen molar-refractivity contribution >= 4 is 5.69 Å². The smallest absolute Gasteiger partial charge is 0.271 e. The van der Waals surface area contributed by atoms with E-state index in [0.717, 1.165) is 25.7 Å². The molecule has 120 valence electrons. The highest BCUT2D eigenvalue weighted by Crippen LogP contribution is 2.29. The lowest BCUT2D eigenvalue weighted by molar-refractivity contribution is 0.142. The predicted molar refractivity (Wildman–Crippen MR) is 81.6 cm³/mol. The van der Waals surface area contributed by atoms with Crippen LogP contribution in [0.5, 0.6) is 5.75 Å². The highest BCUT2D eigenvalue weighted by molar-refractivity contribution is 5.61. The van der Waals surface area contributed by atoms with E-state index < -0.39 is 28.8 Å². The Hall–Kier alpha value is -2.05. The first-order valence-electron chi connectivity index (χ1n) is 7.52. The normalized spacial score (nSPS) is 18.6. The van der Waals surface area contributed by atoms with Crippen LogP contribution in [0.25, 0.3) is 10.4 Å². The minimum absolute atomic E-state index is 0.128. The van der Waals surface area contributed by atoms with Crippen LogP contribution in [0.1, 0.15) is 38.5 Å². The highest BCUT2D eigenvalue weighted by atomic mass is 16.3. The Morgan fingerprint density at radius 3 is 2.55 bits per heavy atom. The summed E-state index contributed by atoms with van der Waals surface area (Å²) in [6.45, 7) is -0.128. The van der Waals surface area contributed by atoms with E-state index in [-0.39, 0.29) is 12.2 Å². The molecule has 0 saturated heterocycles. The van der Waals surface area contributed by atoms with E-state index in [1.807, 2.05) is 0 Å². The molecule has 1 aromatic carbocycles. The highest BCUT2D eigenvalue weighted by Gasteiger charge is 2.28. The van der Waals surface area contributed by atoms with Gasteiger partial charge in [0, 0.05) is 4.91 Å². The summed E-state index contributed by atoms with van der Waals surface area (Å²) >= 11 is 0. The van der Waals surface area contributed by atoms with Gasteiger partial charge in [-0.25, -0.2) is 0 Å². The Morgan fingerprint density at radius 1 is 1.27 bits per heavy atom. The molecule has 2 atom stereocenters. The number of anilines is 1. The zero-order chi connectivity index (χ0) is 16.1. The standard InChI is InChI=1S/C14H20N4O4/c15-18-16-7-10(19)9(6-8-4-2-1-3-5-8)17-11-12(20)14(22)13(11)21/h8-10,17,19-20H,1-7H2/t9-,10+/m0/s1. The quantitative estimate of drug-likeness (QED) is 0.303. The maximum absolute atomic E-state index is 11.4. The second-order valence-electron chi connectivity index (χ2n) is 5.85. The molecular weight excluding hydrogens is 288 g/mol. The van der Waals surface area contributed by atoms with Gasteiger partial charge in [-0.3, -0.25) is 9.59 Å². The largest absolute Gasteiger partial charge is 0.502 e. The molecule has 0 radical (unpaired) electrons. The van der Waals surface area contributed by atoms with Gasteiger partial charge in [0.15, 0.2) is 5.75 Å². The first kappa shape index (κ1) is 16.3. The summed E-state index contributed by atoms with van der Waals surface area (Å²) in [7, 11) is 0. The van der Waals surface area contributed by atoms with Crippen molar-refractivity contribution in [2.75, 3.05) is 11.9 Å². The zero-order valence-electron chi connectivity index (χ0n) is 12.2. The predicted octanol–water partition coefficient (Wildman–Crippen LogP) is 1.41. The van der Waals surface area contributed by atoms with Crippen molar-refractivity contribution in [2.24, 2.45) is 11.0 Å². The molecule has 8 nitrogen and oxygen atoms in total. The minimum atomic E-state index is -0.985. The summed E-state index contributed by atoms with van der Waals surface area (Å²) in [6.07, 6.45) is 5.18. The number of nitrogens with one attached hydrogen (secondary N) is 1. The molecule has 0 spiro atoms. The number of aliphatic hydroxyl groups excluding tert-OH is 1. The fourth-order valence-electron chi connectivity index (χ4n) is 3.04. The Balaban J connectivity index is 2.08. The van der Waals surface area contributed by atoms with E-state index in [0.29, 0.717) is 12.3 Å². The van der Waals surface area contributed by atoms with Gasteiger partial charge < -0.3 is 15.5 Å². The number of aromatic hydroxyl groups is 1. The van der Waals surface area contributed by atoms with Crippen molar-refractivity contribution in [1.29, 1.82) is 0 Å². The molecule has 1 fully saturated rings. The van der Waals surface area contributed by atoms with Gasteiger partial charge in [0.2, 0.25) is 0 Å². The van der Waals surface area contributed by atoms with Crippen LogP contribution in [0.4, 0.5) is 5.69 Å². The third-order valence-electron chi connectivity index (χ3n) is 4.32. The van der Waals surface area contributed by atoms with Gasteiger partial charge in [-0.05, 0) is 17.9 Å². The molecule has 1 aliphatic rings. The van der Waals surface area contributed by atoms with Gasteiger partial charge in [-0.2, -0.15) is 0 Å². The van der Waals surface area contributed by atoms with Gasteiger partial charge in [-0.15, -0.1) is 0 Å². The molecule has 2 rings (SSSR count). The van der Waals surface area contributed by atoms with E-state index in [1.54, 1.807) is 0 Å². The van der Waals surface area contributed by atoms with Gasteiger partial charge in [0.05, 0.1) is 18.7 Å². The van der Waals surface area contributed by atoms with Gasteiger partial charge >= 0.3 is 0 Å². The van der Waals surface area contributed by atoms with Crippen LogP contribution in [0, 0.1) is 5.92 Å². The van der Waals surface area contributed by atoms with Crippen LogP contribution in [0.15, 0.2) is 14.7 Å². The average Bonchev–Trinajstić information content (AvgIpc) is 2.56. The van der Waals surface area contributed by atoms with Gasteiger partial charge in [-0.1, -0.05) is 37.2 Å². The SMILES string of the molecule is [N-]=[N+]=NC[C@@H](O)[C@H](CC1CCCCC1)Nc1c(O)c(=O)c1=O. The lowest BCUT2D eigenvalue weighted by atomic mass is 9.83. The van der Waals surface area contributed by atoms with Crippen molar-refractivity contribution in [3.05, 3.63) is 30.9 Å². The Labute approximate surface area is 127 Å². The first-order valence-corrected chi connectivity index (χ1v) is 7.52. The molecule has 0 bridgehead atoms. The van der Waals surface area contributed by atoms with Crippen molar-refractivity contribution in [2.45, 2.75) is 50.7 Å². The minimum Gasteiger partial charge on any atom is -0.502 e. The topological polar surface area (TPSA) is 135 Å². The fraction of sp³-hybridized carbons (Fsp3) is 0.714. The van der Waals surface area contributed by atoms with E-state index >= 15 is 0 Å². The molecule has 3 N–H and O–H groups in total. The second kappa shape index (κ2) is 7.29. The summed E-state index contributed by atoms with van der Waals surface area (Å²) in [5.41, 5.74) is 6.52. The van der Waals surface area contributed by atoms with E-state index in [9.17, 15) is 19.8 Å². The van der Waals surface area contributed by atoms with E-state index in [2.05, 4.69) is 15.3 Å². The Bertz CT molecular complexity index is 625. The monoisotopic (exact) mass is 308 g/mol. The second-order valence-corrected chi connectivity index (χ2v) is 5.85. The zero-order valence-corrected chi connectivity index (χ0v) is 12.2. The molecule has 0 amide bonds. The summed E-state index contributed by atoms with van der Waals surface area (Å²) in [6, 6.07) is -0.539. The van der Waals surface area contributed by atoms with Crippen molar-refractivity contribution in [1.82, 2.24) is 0 Å². The average molecular weight is 308 g/mol. The first-order chi connectivity index (χ1) is 10.5. The maximum Gasteiger partial charge on any atom is 0.271 e. The van der Waals surface area contributed by atoms with Gasteiger partial charge in [0.1, 0.15) is 5.69 Å². The van der Waals surface area contributed by atoms with Crippen LogP contribution in [0.2, 0.25) is 0 Å². The van der Waals surface area contributed by atoms with Gasteiger partial charge in [0.25, 0.3) is 10.9 Å². The van der Waals surface area contributed by atoms with Crippen LogP contribution in [0.3, 0.4) is 0 Å². The van der Waals surface area contributed by atoms with Crippen LogP contribution in [-0.2, 0) is 0 Å². The number of rotatable bonds is 7. The number of azide groups is 1. The molecule has 8 heteroatoms. The number of hydrogen-bond donors (Lipinski definition) is 3. The molecule has 0 aliphatic heterocycles. The van der Waals surface area contributed by atoms with E-state index in [4.69, 9.17) is 5.53 Å². The molecule has 0 unspecified atom stereocenters. The molecule has 1 aromatic rings. The molecule has 0 heterocycles. The third-order valence-corrected chi connectivity index (χ3v) is 4.32. The lowest BCUT2D eigenvalue weighted by Gasteiger charge is -2.30. The summed E-state index contributed by atoms with van der Waals surface area (Å²) in [5, 5.41) is 25.7. The molecule has 1 aliphatic carbocycles. The molecule has 0 aromatic heterocycles. The Morgan fingerprint density at radius 2 is 1.95 bits per heavy atom. The number of nitrogens with zero attached hydrogens (tertiary/aromatic N) is 3. The molecule has 1 saturated carbocycles. The lowest BCUT2D eigenvalue weighted by Crippen LogP contribution is -2.43. The van der Waals surface area contributed by atoms with Crippen LogP contribution < -0.4 is 16.2 Å². The maximum atomic E-state index is 11.4. The fourth-order valence-corrected chi connectivity index (χ4v) is 3.04. The summed E-state index contributed by atoms with van der Waals surface area (Å²) in [4.78, 5) is 25.1. The van der Waals surface area contributed by atoms with Crippen molar-refractivity contribution < 1.29 is 10.2 Å².